The Hall–Kier alpha value is -0.950. The summed E-state index contributed by atoms with van der Waals surface area (Å²) in [5, 5.41) is 7.67. The molecule has 0 heterocycles. The molecule has 0 rings (SSSR count). The fraction of sp³-hybridized carbons (Fsp3) is 0.800. The zero-order chi connectivity index (χ0) is 10.9. The molecule has 0 saturated heterocycles. The second kappa shape index (κ2) is 3.43. The lowest BCUT2D eigenvalue weighted by atomic mass is 10.1. The summed E-state index contributed by atoms with van der Waals surface area (Å²) in [6.07, 6.45) is -11.7. The van der Waals surface area contributed by atoms with E-state index in [-0.39, 0.29) is 0 Å². The fourth-order valence-corrected chi connectivity index (χ4v) is 0.428. The maximum atomic E-state index is 12.0. The molecule has 0 spiro atoms. The van der Waals surface area contributed by atoms with E-state index in [2.05, 4.69) is 0 Å². The van der Waals surface area contributed by atoms with Crippen molar-refractivity contribution in [3.8, 4) is 0 Å². The van der Waals surface area contributed by atoms with E-state index < -0.39 is 30.7 Å². The normalized spacial score (nSPS) is 15.5. The quantitative estimate of drug-likeness (QED) is 0.723. The number of carboxylic acid groups (broad SMARTS) is 1. The number of halogens is 6. The van der Waals surface area contributed by atoms with Crippen molar-refractivity contribution in [2.75, 3.05) is 0 Å². The van der Waals surface area contributed by atoms with Gasteiger partial charge in [-0.2, -0.15) is 22.0 Å². The van der Waals surface area contributed by atoms with Crippen molar-refractivity contribution in [2.24, 2.45) is 0 Å². The van der Waals surface area contributed by atoms with Crippen LogP contribution in [-0.2, 0) is 4.79 Å². The summed E-state index contributed by atoms with van der Waals surface area (Å²) in [6.45, 7) is 0. The van der Waals surface area contributed by atoms with Gasteiger partial charge in [-0.1, -0.05) is 0 Å². The van der Waals surface area contributed by atoms with Gasteiger partial charge in [-0.25, -0.2) is 9.18 Å². The molecular formula is C5H4F6O2. The van der Waals surface area contributed by atoms with Gasteiger partial charge in [0, 0.05) is 0 Å². The summed E-state index contributed by atoms with van der Waals surface area (Å²) in [7, 11) is 0. The van der Waals surface area contributed by atoms with Crippen molar-refractivity contribution in [1.29, 1.82) is 0 Å². The molecule has 0 fully saturated rings. The molecule has 0 aliphatic heterocycles. The first-order valence-corrected chi connectivity index (χ1v) is 2.89. The lowest BCUT2D eigenvalue weighted by molar-refractivity contribution is -0.204. The average Bonchev–Trinajstić information content (AvgIpc) is 1.83. The minimum Gasteiger partial charge on any atom is -0.477 e. The van der Waals surface area contributed by atoms with Crippen molar-refractivity contribution >= 4 is 5.97 Å². The van der Waals surface area contributed by atoms with Crippen molar-refractivity contribution in [3.05, 3.63) is 0 Å². The van der Waals surface area contributed by atoms with Crippen LogP contribution >= 0.6 is 0 Å². The van der Waals surface area contributed by atoms with Crippen molar-refractivity contribution in [1.82, 2.24) is 0 Å². The van der Waals surface area contributed by atoms with Crippen molar-refractivity contribution in [3.63, 3.8) is 0 Å². The van der Waals surface area contributed by atoms with E-state index in [0.717, 1.165) is 0 Å². The number of alkyl halides is 6. The first kappa shape index (κ1) is 12.0. The van der Waals surface area contributed by atoms with Crippen LogP contribution in [0.1, 0.15) is 6.42 Å². The molecule has 0 aliphatic rings. The highest BCUT2D eigenvalue weighted by Crippen LogP contribution is 2.31. The predicted molar refractivity (Wildman–Crippen MR) is 28.2 cm³/mol. The number of aliphatic carboxylic acids is 1. The Morgan fingerprint density at radius 3 is 1.85 bits per heavy atom. The van der Waals surface area contributed by atoms with Gasteiger partial charge in [-0.15, -0.1) is 0 Å². The molecule has 0 aromatic heterocycles. The molecular weight excluding hydrogens is 206 g/mol. The molecule has 1 atom stereocenters. The predicted octanol–water partition coefficient (Wildman–Crippen LogP) is 2.00. The molecule has 0 amide bonds. The highest BCUT2D eigenvalue weighted by molar-refractivity contribution is 5.75. The molecule has 0 radical (unpaired) electrons. The number of hydrogen-bond acceptors (Lipinski definition) is 1. The highest BCUT2D eigenvalue weighted by atomic mass is 19.4. The van der Waals surface area contributed by atoms with E-state index >= 15 is 0 Å². The molecule has 78 valence electrons. The summed E-state index contributed by atoms with van der Waals surface area (Å²) < 4.78 is 69.9. The minimum atomic E-state index is -5.46. The van der Waals surface area contributed by atoms with Crippen LogP contribution in [0.15, 0.2) is 0 Å². The molecule has 0 saturated carbocycles. The lowest BCUT2D eigenvalue weighted by Crippen LogP contribution is -2.37. The monoisotopic (exact) mass is 210 g/mol. The second-order valence-electron chi connectivity index (χ2n) is 2.22. The van der Waals surface area contributed by atoms with Gasteiger partial charge in [0.2, 0.25) is 6.17 Å². The van der Waals surface area contributed by atoms with Gasteiger partial charge >= 0.3 is 18.1 Å². The Labute approximate surface area is 68.1 Å². The van der Waals surface area contributed by atoms with Gasteiger partial charge in [0.05, 0.1) is 6.42 Å². The van der Waals surface area contributed by atoms with Crippen LogP contribution in [0.5, 0.6) is 0 Å². The first-order chi connectivity index (χ1) is 5.57. The Morgan fingerprint density at radius 1 is 1.23 bits per heavy atom. The van der Waals surface area contributed by atoms with E-state index in [1.807, 2.05) is 0 Å². The lowest BCUT2D eigenvalue weighted by Gasteiger charge is -2.16. The van der Waals surface area contributed by atoms with Crippen LogP contribution in [0.3, 0.4) is 0 Å². The van der Waals surface area contributed by atoms with Crippen molar-refractivity contribution in [2.45, 2.75) is 24.7 Å². The van der Waals surface area contributed by atoms with Crippen LogP contribution in [0.2, 0.25) is 0 Å². The summed E-state index contributed by atoms with van der Waals surface area (Å²) in [5.74, 6) is -7.48. The van der Waals surface area contributed by atoms with E-state index in [1.165, 1.54) is 0 Å². The van der Waals surface area contributed by atoms with Crippen LogP contribution < -0.4 is 0 Å². The topological polar surface area (TPSA) is 37.3 Å². The smallest absolute Gasteiger partial charge is 0.419 e. The number of carboxylic acids is 1. The maximum absolute atomic E-state index is 12.0. The average molecular weight is 210 g/mol. The number of rotatable bonds is 3. The van der Waals surface area contributed by atoms with Gasteiger partial charge in [0.1, 0.15) is 0 Å². The molecule has 0 bridgehead atoms. The zero-order valence-electron chi connectivity index (χ0n) is 5.91. The summed E-state index contributed by atoms with van der Waals surface area (Å²) in [4.78, 5) is 9.60. The van der Waals surface area contributed by atoms with Gasteiger partial charge in [0.15, 0.2) is 0 Å². The standard InChI is InChI=1S/C5H4F6O2/c6-2(5(9,10)11)1-4(7,8)3(12)13/h2H,1H2,(H,12,13). The van der Waals surface area contributed by atoms with E-state index in [0.29, 0.717) is 0 Å². The first-order valence-electron chi connectivity index (χ1n) is 2.89. The fourth-order valence-electron chi connectivity index (χ4n) is 0.428. The summed E-state index contributed by atoms with van der Waals surface area (Å²) in [5.41, 5.74) is 0. The van der Waals surface area contributed by atoms with E-state index in [9.17, 15) is 31.1 Å². The van der Waals surface area contributed by atoms with Gasteiger partial charge in [0.25, 0.3) is 0 Å². The third-order valence-electron chi connectivity index (χ3n) is 1.10. The SMILES string of the molecule is O=C(O)C(F)(F)CC(F)C(F)(F)F. The molecule has 13 heavy (non-hydrogen) atoms. The maximum Gasteiger partial charge on any atom is 0.419 e. The summed E-state index contributed by atoms with van der Waals surface area (Å²) >= 11 is 0. The number of carbonyl (C=O) groups is 1. The van der Waals surface area contributed by atoms with Crippen molar-refractivity contribution < 1.29 is 36.2 Å². The molecule has 0 aromatic carbocycles. The van der Waals surface area contributed by atoms with Crippen LogP contribution in [-0.4, -0.2) is 29.3 Å². The third kappa shape index (κ3) is 3.51. The van der Waals surface area contributed by atoms with Crippen LogP contribution in [0.25, 0.3) is 0 Å². The van der Waals surface area contributed by atoms with E-state index in [4.69, 9.17) is 5.11 Å². The van der Waals surface area contributed by atoms with Crippen LogP contribution in [0.4, 0.5) is 26.3 Å². The van der Waals surface area contributed by atoms with Gasteiger partial charge < -0.3 is 5.11 Å². The Morgan fingerprint density at radius 2 is 1.62 bits per heavy atom. The minimum absolute atomic E-state index is 2.40. The highest BCUT2D eigenvalue weighted by Gasteiger charge is 2.50. The molecule has 2 nitrogen and oxygen atoms in total. The van der Waals surface area contributed by atoms with E-state index in [1.54, 1.807) is 0 Å². The molecule has 1 N–H and O–H groups in total. The summed E-state index contributed by atoms with van der Waals surface area (Å²) in [6, 6.07) is 0. The molecule has 1 unspecified atom stereocenters. The Kier molecular flexibility index (Phi) is 3.18. The Bertz CT molecular complexity index is 198. The number of hydrogen-bond donors (Lipinski definition) is 1. The largest absolute Gasteiger partial charge is 0.477 e. The molecule has 0 aromatic rings. The Balaban J connectivity index is 4.37. The zero-order valence-corrected chi connectivity index (χ0v) is 5.91. The van der Waals surface area contributed by atoms with Crippen LogP contribution in [0, 0.1) is 0 Å². The third-order valence-corrected chi connectivity index (χ3v) is 1.10. The molecule has 8 heteroatoms. The van der Waals surface area contributed by atoms with Gasteiger partial charge in [-0.05, 0) is 0 Å². The molecule has 0 aliphatic carbocycles. The second-order valence-corrected chi connectivity index (χ2v) is 2.22. The van der Waals surface area contributed by atoms with Gasteiger partial charge in [-0.3, -0.25) is 0 Å².